The molecule has 2 N–H and O–H groups in total. The molecule has 1 aliphatic heterocycles. The minimum absolute atomic E-state index is 0.0554. The Labute approximate surface area is 117 Å². The minimum Gasteiger partial charge on any atom is -0.394 e. The molecule has 1 aromatic heterocycles. The molecule has 2 atom stereocenters. The van der Waals surface area contributed by atoms with Crippen molar-refractivity contribution in [3.63, 3.8) is 0 Å². The predicted octanol–water partition coefficient (Wildman–Crippen LogP) is 1.05. The normalized spacial score (nSPS) is 22.1. The molecule has 2 amide bonds. The summed E-state index contributed by atoms with van der Waals surface area (Å²) in [6.45, 7) is 2.27. The van der Waals surface area contributed by atoms with Crippen LogP contribution in [-0.4, -0.2) is 52.9 Å². The molecule has 0 radical (unpaired) electrons. The maximum atomic E-state index is 13.3. The molecule has 2 unspecified atom stereocenters. The van der Waals surface area contributed by atoms with Gasteiger partial charge in [0.05, 0.1) is 19.2 Å². The van der Waals surface area contributed by atoms with Crippen molar-refractivity contribution in [3.8, 4) is 0 Å². The molecule has 0 bridgehead atoms. The van der Waals surface area contributed by atoms with Crippen LogP contribution in [0.2, 0.25) is 0 Å². The van der Waals surface area contributed by atoms with Gasteiger partial charge in [0.2, 0.25) is 0 Å². The summed E-state index contributed by atoms with van der Waals surface area (Å²) in [6, 6.07) is 3.16. The lowest BCUT2D eigenvalue weighted by atomic mass is 10.2. The summed E-state index contributed by atoms with van der Waals surface area (Å²) in [5, 5.41) is 11.9. The van der Waals surface area contributed by atoms with E-state index in [9.17, 15) is 9.18 Å². The van der Waals surface area contributed by atoms with E-state index in [0.29, 0.717) is 13.0 Å². The van der Waals surface area contributed by atoms with E-state index in [-0.39, 0.29) is 25.6 Å². The van der Waals surface area contributed by atoms with Crippen LogP contribution in [0, 0.1) is 6.92 Å². The van der Waals surface area contributed by atoms with Crippen LogP contribution in [0.4, 0.5) is 9.18 Å². The fourth-order valence-electron chi connectivity index (χ4n) is 2.33. The fourth-order valence-corrected chi connectivity index (χ4v) is 2.33. The van der Waals surface area contributed by atoms with Gasteiger partial charge in [0, 0.05) is 31.3 Å². The maximum Gasteiger partial charge on any atom is 0.317 e. The first-order valence-electron chi connectivity index (χ1n) is 6.81. The number of urea groups is 1. The first kappa shape index (κ1) is 14.7. The molecule has 1 fully saturated rings. The number of amides is 2. The molecule has 110 valence electrons. The molecular weight excluding hydrogens is 261 g/mol. The molecule has 5 nitrogen and oxygen atoms in total. The number of rotatable bonds is 4. The van der Waals surface area contributed by atoms with Gasteiger partial charge in [0.25, 0.3) is 0 Å². The summed E-state index contributed by atoms with van der Waals surface area (Å²) in [4.78, 5) is 17.5. The molecule has 0 saturated carbocycles. The van der Waals surface area contributed by atoms with E-state index in [1.165, 1.54) is 4.90 Å². The highest BCUT2D eigenvalue weighted by Crippen LogP contribution is 2.19. The van der Waals surface area contributed by atoms with Crippen molar-refractivity contribution in [3.05, 3.63) is 29.6 Å². The average molecular weight is 281 g/mol. The third kappa shape index (κ3) is 3.66. The molecule has 1 aromatic rings. The SMILES string of the molecule is Cc1ccc(CCNC(=O)N2CC(F)CC2CO)nc1. The van der Waals surface area contributed by atoms with Gasteiger partial charge in [-0.1, -0.05) is 6.07 Å². The largest absolute Gasteiger partial charge is 0.394 e. The fraction of sp³-hybridized carbons (Fsp3) is 0.571. The van der Waals surface area contributed by atoms with Crippen LogP contribution in [0.1, 0.15) is 17.7 Å². The summed E-state index contributed by atoms with van der Waals surface area (Å²) < 4.78 is 13.3. The first-order chi connectivity index (χ1) is 9.60. The Morgan fingerprint density at radius 1 is 1.60 bits per heavy atom. The van der Waals surface area contributed by atoms with Gasteiger partial charge in [-0.25, -0.2) is 9.18 Å². The number of carbonyl (C=O) groups excluding carboxylic acids is 1. The second-order valence-electron chi connectivity index (χ2n) is 5.13. The van der Waals surface area contributed by atoms with Crippen molar-refractivity contribution in [2.45, 2.75) is 32.0 Å². The van der Waals surface area contributed by atoms with Crippen LogP contribution in [0.15, 0.2) is 18.3 Å². The number of hydrogen-bond donors (Lipinski definition) is 2. The number of aliphatic hydroxyl groups excluding tert-OH is 1. The summed E-state index contributed by atoms with van der Waals surface area (Å²) in [7, 11) is 0. The van der Waals surface area contributed by atoms with Gasteiger partial charge in [-0.3, -0.25) is 4.98 Å². The van der Waals surface area contributed by atoms with Gasteiger partial charge in [0.1, 0.15) is 6.17 Å². The van der Waals surface area contributed by atoms with E-state index >= 15 is 0 Å². The average Bonchev–Trinajstić information content (AvgIpc) is 2.82. The number of aliphatic hydroxyl groups is 1. The smallest absolute Gasteiger partial charge is 0.317 e. The molecule has 0 spiro atoms. The van der Waals surface area contributed by atoms with Gasteiger partial charge in [-0.2, -0.15) is 0 Å². The molecule has 2 heterocycles. The van der Waals surface area contributed by atoms with Gasteiger partial charge in [-0.05, 0) is 18.6 Å². The highest BCUT2D eigenvalue weighted by atomic mass is 19.1. The minimum atomic E-state index is -1.04. The van der Waals surface area contributed by atoms with Crippen molar-refractivity contribution in [2.24, 2.45) is 0 Å². The van der Waals surface area contributed by atoms with E-state index < -0.39 is 12.2 Å². The summed E-state index contributed by atoms with van der Waals surface area (Å²) >= 11 is 0. The Morgan fingerprint density at radius 3 is 3.05 bits per heavy atom. The third-order valence-corrected chi connectivity index (χ3v) is 3.47. The second kappa shape index (κ2) is 6.65. The summed E-state index contributed by atoms with van der Waals surface area (Å²) in [5.41, 5.74) is 1.99. The Bertz CT molecular complexity index is 452. The van der Waals surface area contributed by atoms with E-state index in [1.54, 1.807) is 6.20 Å². The lowest BCUT2D eigenvalue weighted by Gasteiger charge is -2.22. The predicted molar refractivity (Wildman–Crippen MR) is 73.2 cm³/mol. The highest BCUT2D eigenvalue weighted by molar-refractivity contribution is 5.75. The number of alkyl halides is 1. The Kier molecular flexibility index (Phi) is 4.89. The molecule has 0 aromatic carbocycles. The lowest BCUT2D eigenvalue weighted by molar-refractivity contribution is 0.157. The van der Waals surface area contributed by atoms with Crippen molar-refractivity contribution in [1.29, 1.82) is 0 Å². The zero-order valence-electron chi connectivity index (χ0n) is 11.6. The van der Waals surface area contributed by atoms with E-state index in [2.05, 4.69) is 10.3 Å². The molecule has 1 saturated heterocycles. The molecule has 0 aliphatic carbocycles. The van der Waals surface area contributed by atoms with Crippen LogP contribution in [0.3, 0.4) is 0 Å². The molecule has 6 heteroatoms. The highest BCUT2D eigenvalue weighted by Gasteiger charge is 2.34. The van der Waals surface area contributed by atoms with Crippen LogP contribution >= 0.6 is 0 Å². The zero-order valence-corrected chi connectivity index (χ0v) is 11.6. The molecule has 1 aliphatic rings. The maximum absolute atomic E-state index is 13.3. The quantitative estimate of drug-likeness (QED) is 0.867. The van der Waals surface area contributed by atoms with Crippen LogP contribution in [0.5, 0.6) is 0 Å². The lowest BCUT2D eigenvalue weighted by Crippen LogP contribution is -2.45. The summed E-state index contributed by atoms with van der Waals surface area (Å²) in [5.74, 6) is 0. The van der Waals surface area contributed by atoms with E-state index in [4.69, 9.17) is 5.11 Å². The molecular formula is C14H20FN3O2. The van der Waals surface area contributed by atoms with Gasteiger partial charge < -0.3 is 15.3 Å². The number of carbonyl (C=O) groups is 1. The van der Waals surface area contributed by atoms with Crippen LogP contribution < -0.4 is 5.32 Å². The standard InChI is InChI=1S/C14H20FN3O2/c1-10-2-3-12(17-7-10)4-5-16-14(20)18-8-11(15)6-13(18)9-19/h2-3,7,11,13,19H,4-6,8-9H2,1H3,(H,16,20). The second-order valence-corrected chi connectivity index (χ2v) is 5.13. The first-order valence-corrected chi connectivity index (χ1v) is 6.81. The van der Waals surface area contributed by atoms with Gasteiger partial charge in [-0.15, -0.1) is 0 Å². The number of aryl methyl sites for hydroxylation is 1. The monoisotopic (exact) mass is 281 g/mol. The number of hydrogen-bond acceptors (Lipinski definition) is 3. The number of nitrogens with zero attached hydrogens (tertiary/aromatic N) is 2. The topological polar surface area (TPSA) is 65.5 Å². The Hall–Kier alpha value is -1.69. The van der Waals surface area contributed by atoms with Crippen LogP contribution in [0.25, 0.3) is 0 Å². The van der Waals surface area contributed by atoms with E-state index in [0.717, 1.165) is 11.3 Å². The van der Waals surface area contributed by atoms with Crippen molar-refractivity contribution in [1.82, 2.24) is 15.2 Å². The molecule has 2 rings (SSSR count). The summed E-state index contributed by atoms with van der Waals surface area (Å²) in [6.07, 6.45) is 1.58. The van der Waals surface area contributed by atoms with Crippen molar-refractivity contribution >= 4 is 6.03 Å². The molecule has 20 heavy (non-hydrogen) atoms. The Balaban J connectivity index is 1.79. The Morgan fingerprint density at radius 2 is 2.40 bits per heavy atom. The van der Waals surface area contributed by atoms with Crippen molar-refractivity contribution in [2.75, 3.05) is 19.7 Å². The number of pyridine rings is 1. The number of aromatic nitrogens is 1. The van der Waals surface area contributed by atoms with Gasteiger partial charge in [0.15, 0.2) is 0 Å². The van der Waals surface area contributed by atoms with Gasteiger partial charge >= 0.3 is 6.03 Å². The third-order valence-electron chi connectivity index (χ3n) is 3.47. The zero-order chi connectivity index (χ0) is 14.5. The van der Waals surface area contributed by atoms with Crippen molar-refractivity contribution < 1.29 is 14.3 Å². The number of nitrogens with one attached hydrogen (secondary N) is 1. The number of likely N-dealkylation sites (tertiary alicyclic amines) is 1. The van der Waals surface area contributed by atoms with E-state index in [1.807, 2.05) is 19.1 Å². The number of halogens is 1. The van der Waals surface area contributed by atoms with Crippen LogP contribution in [-0.2, 0) is 6.42 Å².